The number of nitrogens with two attached hydrogens (primary N) is 1. The van der Waals surface area contributed by atoms with Crippen LogP contribution < -0.4 is 11.1 Å². The van der Waals surface area contributed by atoms with E-state index in [1.807, 2.05) is 6.07 Å². The molecule has 0 saturated carbocycles. The van der Waals surface area contributed by atoms with E-state index in [2.05, 4.69) is 21.2 Å². The van der Waals surface area contributed by atoms with Gasteiger partial charge in [-0.25, -0.2) is 0 Å². The largest absolute Gasteiger partial charge is 0.368 e. The Kier molecular flexibility index (Phi) is 5.50. The molecule has 0 saturated heterocycles. The lowest BCUT2D eigenvalue weighted by Gasteiger charge is -2.16. The molecule has 2 aromatic carbocycles. The third-order valence-corrected chi connectivity index (χ3v) is 3.75. The smallest absolute Gasteiger partial charge is 0.251 e. The highest BCUT2D eigenvalue weighted by atomic mass is 79.9. The van der Waals surface area contributed by atoms with E-state index in [0.717, 1.165) is 10.0 Å². The van der Waals surface area contributed by atoms with Crippen LogP contribution in [0, 0.1) is 11.3 Å². The van der Waals surface area contributed by atoms with Crippen LogP contribution in [0.4, 0.5) is 0 Å². The second kappa shape index (κ2) is 7.56. The zero-order valence-corrected chi connectivity index (χ0v) is 13.7. The number of amides is 2. The van der Waals surface area contributed by atoms with Crippen molar-refractivity contribution in [3.05, 3.63) is 69.7 Å². The molecule has 23 heavy (non-hydrogen) atoms. The standard InChI is InChI=1S/C17H14BrN3O2/c18-14-3-1-2-13(9-14)17(23)21-15(16(20)22)8-11-4-6-12(10-19)7-5-11/h1-7,9,15H,8H2,(H2,20,22)(H,21,23)/t15-/m1/s1. The molecule has 0 spiro atoms. The molecular formula is C17H14BrN3O2. The van der Waals surface area contributed by atoms with Gasteiger partial charge in [0, 0.05) is 16.5 Å². The third kappa shape index (κ3) is 4.66. The van der Waals surface area contributed by atoms with Gasteiger partial charge >= 0.3 is 0 Å². The van der Waals surface area contributed by atoms with Crippen LogP contribution in [0.25, 0.3) is 0 Å². The molecule has 1 atom stereocenters. The highest BCUT2D eigenvalue weighted by Gasteiger charge is 2.19. The molecule has 0 fully saturated rings. The summed E-state index contributed by atoms with van der Waals surface area (Å²) in [4.78, 5) is 23.8. The zero-order chi connectivity index (χ0) is 16.8. The van der Waals surface area contributed by atoms with Crippen molar-refractivity contribution in [1.29, 1.82) is 5.26 Å². The first-order valence-corrected chi connectivity index (χ1v) is 7.63. The summed E-state index contributed by atoms with van der Waals surface area (Å²) in [6.07, 6.45) is 0.265. The summed E-state index contributed by atoms with van der Waals surface area (Å²) in [6, 6.07) is 14.8. The first-order valence-electron chi connectivity index (χ1n) is 6.84. The van der Waals surface area contributed by atoms with Gasteiger partial charge in [-0.3, -0.25) is 9.59 Å². The number of hydrogen-bond donors (Lipinski definition) is 2. The summed E-state index contributed by atoms with van der Waals surface area (Å²) in [7, 11) is 0. The van der Waals surface area contributed by atoms with Gasteiger partial charge in [0.25, 0.3) is 5.91 Å². The average Bonchev–Trinajstić information content (AvgIpc) is 2.54. The molecule has 0 aliphatic rings. The first kappa shape index (κ1) is 16.7. The third-order valence-electron chi connectivity index (χ3n) is 3.26. The molecular weight excluding hydrogens is 358 g/mol. The van der Waals surface area contributed by atoms with E-state index in [-0.39, 0.29) is 12.3 Å². The van der Waals surface area contributed by atoms with Crippen LogP contribution in [0.2, 0.25) is 0 Å². The normalized spacial score (nSPS) is 11.3. The van der Waals surface area contributed by atoms with E-state index in [1.165, 1.54) is 0 Å². The Morgan fingerprint density at radius 2 is 1.91 bits per heavy atom. The maximum Gasteiger partial charge on any atom is 0.251 e. The maximum atomic E-state index is 12.2. The van der Waals surface area contributed by atoms with Crippen LogP contribution in [0.1, 0.15) is 21.5 Å². The molecule has 3 N–H and O–H groups in total. The van der Waals surface area contributed by atoms with Gasteiger partial charge in [-0.1, -0.05) is 34.1 Å². The SMILES string of the molecule is N#Cc1ccc(C[C@@H](NC(=O)c2cccc(Br)c2)C(N)=O)cc1. The number of benzene rings is 2. The number of carbonyl (C=O) groups is 2. The lowest BCUT2D eigenvalue weighted by molar-refractivity contribution is -0.119. The summed E-state index contributed by atoms with van der Waals surface area (Å²) in [5.41, 5.74) is 7.16. The summed E-state index contributed by atoms with van der Waals surface area (Å²) >= 11 is 3.29. The number of carbonyl (C=O) groups excluding carboxylic acids is 2. The molecule has 2 aromatic rings. The number of halogens is 1. The van der Waals surface area contributed by atoms with Crippen LogP contribution in [0.5, 0.6) is 0 Å². The van der Waals surface area contributed by atoms with Gasteiger partial charge in [-0.05, 0) is 35.9 Å². The first-order chi connectivity index (χ1) is 11.0. The number of primary amides is 1. The molecule has 6 heteroatoms. The minimum atomic E-state index is -0.825. The molecule has 0 aromatic heterocycles. The van der Waals surface area contributed by atoms with Gasteiger partial charge in [0.05, 0.1) is 11.6 Å². The Labute approximate surface area is 142 Å². The van der Waals surface area contributed by atoms with Crippen molar-refractivity contribution in [2.45, 2.75) is 12.5 Å². The van der Waals surface area contributed by atoms with Crippen LogP contribution >= 0.6 is 15.9 Å². The number of nitrogens with zero attached hydrogens (tertiary/aromatic N) is 1. The second-order valence-electron chi connectivity index (χ2n) is 4.95. The van der Waals surface area contributed by atoms with E-state index >= 15 is 0 Å². The molecule has 0 heterocycles. The van der Waals surface area contributed by atoms with E-state index in [4.69, 9.17) is 11.0 Å². The van der Waals surface area contributed by atoms with Crippen LogP contribution in [-0.4, -0.2) is 17.9 Å². The van der Waals surface area contributed by atoms with Crippen molar-refractivity contribution in [2.24, 2.45) is 5.73 Å². The molecule has 0 aliphatic carbocycles. The van der Waals surface area contributed by atoms with E-state index in [0.29, 0.717) is 11.1 Å². The highest BCUT2D eigenvalue weighted by molar-refractivity contribution is 9.10. The Hall–Kier alpha value is -2.65. The second-order valence-corrected chi connectivity index (χ2v) is 5.87. The molecule has 116 valence electrons. The number of hydrogen-bond acceptors (Lipinski definition) is 3. The molecule has 2 amide bonds. The van der Waals surface area contributed by atoms with E-state index in [9.17, 15) is 9.59 Å². The lowest BCUT2D eigenvalue weighted by Crippen LogP contribution is -2.45. The fourth-order valence-corrected chi connectivity index (χ4v) is 2.44. The van der Waals surface area contributed by atoms with Crippen molar-refractivity contribution in [2.75, 3.05) is 0 Å². The average molecular weight is 372 g/mol. The summed E-state index contributed by atoms with van der Waals surface area (Å²) in [5.74, 6) is -0.985. The lowest BCUT2D eigenvalue weighted by atomic mass is 10.0. The van der Waals surface area contributed by atoms with Crippen molar-refractivity contribution >= 4 is 27.7 Å². The Balaban J connectivity index is 2.10. The van der Waals surface area contributed by atoms with E-state index < -0.39 is 11.9 Å². The van der Waals surface area contributed by atoms with Crippen molar-refractivity contribution in [3.8, 4) is 6.07 Å². The quantitative estimate of drug-likeness (QED) is 0.842. The highest BCUT2D eigenvalue weighted by Crippen LogP contribution is 2.12. The van der Waals surface area contributed by atoms with Gasteiger partial charge in [0.15, 0.2) is 0 Å². The fourth-order valence-electron chi connectivity index (χ4n) is 2.05. The van der Waals surface area contributed by atoms with Gasteiger partial charge < -0.3 is 11.1 Å². The van der Waals surface area contributed by atoms with Gasteiger partial charge in [-0.2, -0.15) is 5.26 Å². The molecule has 5 nitrogen and oxygen atoms in total. The van der Waals surface area contributed by atoms with Crippen molar-refractivity contribution in [1.82, 2.24) is 5.32 Å². The Bertz CT molecular complexity index is 766. The van der Waals surface area contributed by atoms with Crippen molar-refractivity contribution < 1.29 is 9.59 Å². The molecule has 0 unspecified atom stereocenters. The molecule has 0 aliphatic heterocycles. The van der Waals surface area contributed by atoms with E-state index in [1.54, 1.807) is 48.5 Å². The number of rotatable bonds is 5. The molecule has 0 bridgehead atoms. The predicted octanol–water partition coefficient (Wildman–Crippen LogP) is 2.15. The minimum absolute atomic E-state index is 0.265. The van der Waals surface area contributed by atoms with Crippen LogP contribution in [0.15, 0.2) is 53.0 Å². The topological polar surface area (TPSA) is 96.0 Å². The van der Waals surface area contributed by atoms with Crippen LogP contribution in [0.3, 0.4) is 0 Å². The fraction of sp³-hybridized carbons (Fsp3) is 0.118. The van der Waals surface area contributed by atoms with Crippen LogP contribution in [-0.2, 0) is 11.2 Å². The minimum Gasteiger partial charge on any atom is -0.368 e. The van der Waals surface area contributed by atoms with Crippen molar-refractivity contribution in [3.63, 3.8) is 0 Å². The summed E-state index contributed by atoms with van der Waals surface area (Å²) in [5, 5.41) is 11.4. The van der Waals surface area contributed by atoms with Gasteiger partial charge in [-0.15, -0.1) is 0 Å². The predicted molar refractivity (Wildman–Crippen MR) is 89.5 cm³/mol. The Morgan fingerprint density at radius 1 is 1.22 bits per heavy atom. The number of nitriles is 1. The molecule has 2 rings (SSSR count). The van der Waals surface area contributed by atoms with Gasteiger partial charge in [0.2, 0.25) is 5.91 Å². The monoisotopic (exact) mass is 371 g/mol. The van der Waals surface area contributed by atoms with Gasteiger partial charge in [0.1, 0.15) is 6.04 Å². The zero-order valence-electron chi connectivity index (χ0n) is 12.1. The molecule has 0 radical (unpaired) electrons. The number of nitrogens with one attached hydrogen (secondary N) is 1. The summed E-state index contributed by atoms with van der Waals surface area (Å²) < 4.78 is 0.771. The summed E-state index contributed by atoms with van der Waals surface area (Å²) in [6.45, 7) is 0. The Morgan fingerprint density at radius 3 is 2.48 bits per heavy atom. The maximum absolute atomic E-state index is 12.2.